The van der Waals surface area contributed by atoms with Gasteiger partial charge in [-0.3, -0.25) is 4.79 Å². The number of nitrogens with two attached hydrogens (primary N) is 1. The molecule has 0 spiro atoms. The van der Waals surface area contributed by atoms with Crippen LogP contribution in [0.15, 0.2) is 0 Å². The summed E-state index contributed by atoms with van der Waals surface area (Å²) in [5.74, 6) is -0.419. The van der Waals surface area contributed by atoms with Crippen molar-refractivity contribution in [2.75, 3.05) is 26.3 Å². The van der Waals surface area contributed by atoms with Crippen molar-refractivity contribution in [2.45, 2.75) is 25.1 Å². The molecular formula is C9H15F3N2O2. The van der Waals surface area contributed by atoms with Crippen molar-refractivity contribution >= 4 is 5.91 Å². The first-order chi connectivity index (χ1) is 7.44. The van der Waals surface area contributed by atoms with Crippen molar-refractivity contribution in [3.05, 3.63) is 0 Å². The highest BCUT2D eigenvalue weighted by molar-refractivity contribution is 5.78. The third kappa shape index (κ3) is 3.97. The Morgan fingerprint density at radius 3 is 2.75 bits per heavy atom. The lowest BCUT2D eigenvalue weighted by Gasteiger charge is -2.23. The van der Waals surface area contributed by atoms with Gasteiger partial charge in [0, 0.05) is 19.1 Å². The van der Waals surface area contributed by atoms with Gasteiger partial charge in [-0.2, -0.15) is 13.2 Å². The highest BCUT2D eigenvalue weighted by Crippen LogP contribution is 2.17. The molecule has 1 aliphatic rings. The van der Waals surface area contributed by atoms with Crippen LogP contribution in [0, 0.1) is 0 Å². The number of hydrogen-bond acceptors (Lipinski definition) is 3. The number of carbonyl (C=O) groups is 1. The van der Waals surface area contributed by atoms with Crippen molar-refractivity contribution in [1.82, 2.24) is 4.90 Å². The summed E-state index contributed by atoms with van der Waals surface area (Å²) in [5.41, 5.74) is 5.45. The molecule has 1 amide bonds. The summed E-state index contributed by atoms with van der Waals surface area (Å²) in [6.07, 6.45) is -2.74. The number of alkyl halides is 3. The zero-order valence-corrected chi connectivity index (χ0v) is 8.79. The van der Waals surface area contributed by atoms with Gasteiger partial charge in [-0.25, -0.2) is 0 Å². The predicted molar refractivity (Wildman–Crippen MR) is 50.7 cm³/mol. The molecule has 2 N–H and O–H groups in total. The molecule has 0 radical (unpaired) electrons. The van der Waals surface area contributed by atoms with E-state index in [0.717, 1.165) is 12.8 Å². The normalized spacial score (nSPS) is 21.5. The van der Waals surface area contributed by atoms with Gasteiger partial charge in [0.25, 0.3) is 0 Å². The quantitative estimate of drug-likeness (QED) is 0.779. The van der Waals surface area contributed by atoms with E-state index in [1.54, 1.807) is 0 Å². The fourth-order valence-electron chi connectivity index (χ4n) is 1.75. The molecule has 0 saturated carbocycles. The number of nitrogens with zero attached hydrogens (tertiary/aromatic N) is 1. The van der Waals surface area contributed by atoms with Crippen LogP contribution >= 0.6 is 0 Å². The van der Waals surface area contributed by atoms with Crippen LogP contribution in [0.25, 0.3) is 0 Å². The predicted octanol–water partition coefficient (Wildman–Crippen LogP) is 0.515. The number of rotatable bonds is 4. The molecule has 16 heavy (non-hydrogen) atoms. The second kappa shape index (κ2) is 5.49. The summed E-state index contributed by atoms with van der Waals surface area (Å²) in [7, 11) is 0. The monoisotopic (exact) mass is 240 g/mol. The Balaban J connectivity index is 2.29. The van der Waals surface area contributed by atoms with E-state index >= 15 is 0 Å². The van der Waals surface area contributed by atoms with Crippen LogP contribution in [-0.4, -0.2) is 49.3 Å². The minimum atomic E-state index is -4.39. The SMILES string of the molecule is NCC1CCCN1C(=O)COCC(F)(F)F. The Bertz CT molecular complexity index is 245. The lowest BCUT2D eigenvalue weighted by atomic mass is 10.2. The van der Waals surface area contributed by atoms with Crippen molar-refractivity contribution < 1.29 is 22.7 Å². The first kappa shape index (κ1) is 13.2. The third-order valence-corrected chi connectivity index (χ3v) is 2.46. The average Bonchev–Trinajstić information content (AvgIpc) is 2.63. The fourth-order valence-corrected chi connectivity index (χ4v) is 1.75. The van der Waals surface area contributed by atoms with Gasteiger partial charge in [0.15, 0.2) is 0 Å². The molecule has 94 valence electrons. The van der Waals surface area contributed by atoms with Gasteiger partial charge in [-0.1, -0.05) is 0 Å². The van der Waals surface area contributed by atoms with Crippen LogP contribution in [0.4, 0.5) is 13.2 Å². The summed E-state index contributed by atoms with van der Waals surface area (Å²) >= 11 is 0. The molecule has 1 unspecified atom stereocenters. The summed E-state index contributed by atoms with van der Waals surface area (Å²) in [6, 6.07) is -0.0537. The largest absolute Gasteiger partial charge is 0.411 e. The van der Waals surface area contributed by atoms with Gasteiger partial charge in [-0.15, -0.1) is 0 Å². The second-order valence-electron chi connectivity index (χ2n) is 3.73. The zero-order chi connectivity index (χ0) is 12.2. The van der Waals surface area contributed by atoms with Gasteiger partial charge < -0.3 is 15.4 Å². The smallest absolute Gasteiger partial charge is 0.362 e. The van der Waals surface area contributed by atoms with Crippen LogP contribution in [0.5, 0.6) is 0 Å². The molecular weight excluding hydrogens is 225 g/mol. The minimum Gasteiger partial charge on any atom is -0.362 e. The van der Waals surface area contributed by atoms with Crippen LogP contribution in [0.1, 0.15) is 12.8 Å². The van der Waals surface area contributed by atoms with Gasteiger partial charge in [0.2, 0.25) is 5.91 Å². The van der Waals surface area contributed by atoms with E-state index in [4.69, 9.17) is 5.73 Å². The van der Waals surface area contributed by atoms with E-state index in [0.29, 0.717) is 13.1 Å². The van der Waals surface area contributed by atoms with Crippen molar-refractivity contribution in [3.63, 3.8) is 0 Å². The van der Waals surface area contributed by atoms with Crippen LogP contribution in [-0.2, 0) is 9.53 Å². The summed E-state index contributed by atoms with van der Waals surface area (Å²) in [6.45, 7) is -1.03. The number of amides is 1. The lowest BCUT2D eigenvalue weighted by molar-refractivity contribution is -0.178. The van der Waals surface area contributed by atoms with Crippen molar-refractivity contribution in [2.24, 2.45) is 5.73 Å². The lowest BCUT2D eigenvalue weighted by Crippen LogP contribution is -2.42. The maximum Gasteiger partial charge on any atom is 0.411 e. The Labute approximate surface area is 91.5 Å². The second-order valence-corrected chi connectivity index (χ2v) is 3.73. The molecule has 0 aromatic rings. The van der Waals surface area contributed by atoms with Crippen molar-refractivity contribution in [3.8, 4) is 0 Å². The Kier molecular flexibility index (Phi) is 4.55. The van der Waals surface area contributed by atoms with E-state index < -0.39 is 25.3 Å². The van der Waals surface area contributed by atoms with Gasteiger partial charge in [-0.05, 0) is 12.8 Å². The third-order valence-electron chi connectivity index (χ3n) is 2.46. The topological polar surface area (TPSA) is 55.6 Å². The average molecular weight is 240 g/mol. The zero-order valence-electron chi connectivity index (χ0n) is 8.79. The summed E-state index contributed by atoms with van der Waals surface area (Å²) in [5, 5.41) is 0. The molecule has 1 atom stereocenters. The standard InChI is InChI=1S/C9H15F3N2O2/c10-9(11,12)6-16-5-8(15)14-3-1-2-7(14)4-13/h7H,1-6,13H2. The van der Waals surface area contributed by atoms with E-state index in [9.17, 15) is 18.0 Å². The molecule has 1 saturated heterocycles. The fraction of sp³-hybridized carbons (Fsp3) is 0.889. The molecule has 0 aromatic carbocycles. The first-order valence-corrected chi connectivity index (χ1v) is 5.08. The number of carbonyl (C=O) groups excluding carboxylic acids is 1. The molecule has 7 heteroatoms. The molecule has 1 rings (SSSR count). The number of ether oxygens (including phenoxy) is 1. The van der Waals surface area contributed by atoms with E-state index in [1.165, 1.54) is 4.90 Å². The maximum absolute atomic E-state index is 11.8. The number of halogens is 3. The first-order valence-electron chi connectivity index (χ1n) is 5.08. The van der Waals surface area contributed by atoms with E-state index in [1.807, 2.05) is 0 Å². The Morgan fingerprint density at radius 1 is 1.50 bits per heavy atom. The molecule has 0 bridgehead atoms. The Morgan fingerprint density at radius 2 is 2.19 bits per heavy atom. The van der Waals surface area contributed by atoms with E-state index in [-0.39, 0.29) is 6.04 Å². The summed E-state index contributed by atoms with van der Waals surface area (Å²) < 4.78 is 39.6. The molecule has 4 nitrogen and oxygen atoms in total. The maximum atomic E-state index is 11.8. The minimum absolute atomic E-state index is 0.0537. The van der Waals surface area contributed by atoms with Gasteiger partial charge in [0.05, 0.1) is 0 Å². The highest BCUT2D eigenvalue weighted by Gasteiger charge is 2.30. The molecule has 0 aromatic heterocycles. The number of hydrogen-bond donors (Lipinski definition) is 1. The molecule has 1 aliphatic heterocycles. The Hall–Kier alpha value is -0.820. The van der Waals surface area contributed by atoms with Crippen LogP contribution in [0.3, 0.4) is 0 Å². The van der Waals surface area contributed by atoms with Crippen LogP contribution < -0.4 is 5.73 Å². The van der Waals surface area contributed by atoms with Gasteiger partial charge >= 0.3 is 6.18 Å². The number of likely N-dealkylation sites (tertiary alicyclic amines) is 1. The molecule has 1 heterocycles. The van der Waals surface area contributed by atoms with Crippen LogP contribution in [0.2, 0.25) is 0 Å². The van der Waals surface area contributed by atoms with Gasteiger partial charge in [0.1, 0.15) is 13.2 Å². The van der Waals surface area contributed by atoms with E-state index in [2.05, 4.69) is 4.74 Å². The summed E-state index contributed by atoms with van der Waals surface area (Å²) in [4.78, 5) is 13.0. The molecule has 1 fully saturated rings. The van der Waals surface area contributed by atoms with Crippen molar-refractivity contribution in [1.29, 1.82) is 0 Å². The molecule has 0 aliphatic carbocycles. The highest BCUT2D eigenvalue weighted by atomic mass is 19.4.